The zero-order chi connectivity index (χ0) is 20.7. The second-order valence-corrected chi connectivity index (χ2v) is 7.81. The normalized spacial score (nSPS) is 14.2. The Morgan fingerprint density at radius 3 is 2.72 bits per heavy atom. The second kappa shape index (κ2) is 7.31. The van der Waals surface area contributed by atoms with Crippen molar-refractivity contribution in [2.24, 2.45) is 7.05 Å². The van der Waals surface area contributed by atoms with Crippen molar-refractivity contribution in [1.82, 2.24) is 14.8 Å². The average Bonchev–Trinajstić information content (AvgIpc) is 3.24. The van der Waals surface area contributed by atoms with Gasteiger partial charge in [0.15, 0.2) is 5.65 Å². The van der Waals surface area contributed by atoms with Crippen molar-refractivity contribution in [3.63, 3.8) is 0 Å². The van der Waals surface area contributed by atoms with E-state index in [9.17, 15) is 9.59 Å². The van der Waals surface area contributed by atoms with E-state index in [4.69, 9.17) is 4.98 Å². The number of carbonyl (C=O) groups excluding carboxylic acids is 2. The largest absolute Gasteiger partial charge is 0.322 e. The first-order valence-electron chi connectivity index (χ1n) is 9.91. The number of pyridine rings is 1. The topological polar surface area (TPSA) is 80.1 Å². The highest BCUT2D eigenvalue weighted by molar-refractivity contribution is 6.13. The Morgan fingerprint density at radius 1 is 1.24 bits per heavy atom. The summed E-state index contributed by atoms with van der Waals surface area (Å²) in [5, 5.41) is 8.20. The molecule has 0 unspecified atom stereocenters. The molecular formula is C22H25N5O2. The number of benzene rings is 1. The third-order valence-corrected chi connectivity index (χ3v) is 5.31. The number of carbonyl (C=O) groups is 2. The van der Waals surface area contributed by atoms with Gasteiger partial charge in [0.05, 0.1) is 16.6 Å². The Hall–Kier alpha value is -3.22. The summed E-state index contributed by atoms with van der Waals surface area (Å²) in [5.41, 5.74) is 4.35. The maximum Gasteiger partial charge on any atom is 0.256 e. The number of rotatable bonds is 4. The summed E-state index contributed by atoms with van der Waals surface area (Å²) in [6.07, 6.45) is 1.44. The van der Waals surface area contributed by atoms with Gasteiger partial charge in [-0.2, -0.15) is 5.10 Å². The molecule has 150 valence electrons. The highest BCUT2D eigenvalue weighted by Crippen LogP contribution is 2.27. The van der Waals surface area contributed by atoms with Gasteiger partial charge in [-0.3, -0.25) is 14.3 Å². The summed E-state index contributed by atoms with van der Waals surface area (Å²) in [6.45, 7) is 6.70. The van der Waals surface area contributed by atoms with E-state index < -0.39 is 0 Å². The van der Waals surface area contributed by atoms with Crippen LogP contribution in [0.5, 0.6) is 0 Å². The number of hydrogen-bond donors (Lipinski definition) is 1. The molecule has 29 heavy (non-hydrogen) atoms. The van der Waals surface area contributed by atoms with E-state index in [1.165, 1.54) is 0 Å². The summed E-state index contributed by atoms with van der Waals surface area (Å²) in [6, 6.07) is 9.28. The lowest BCUT2D eigenvalue weighted by Gasteiger charge is -2.17. The molecule has 0 aliphatic carbocycles. The number of aryl methyl sites for hydroxylation is 2. The minimum absolute atomic E-state index is 0.122. The molecule has 1 aliphatic heterocycles. The van der Waals surface area contributed by atoms with Crippen molar-refractivity contribution in [1.29, 1.82) is 0 Å². The van der Waals surface area contributed by atoms with Gasteiger partial charge in [-0.25, -0.2) is 4.98 Å². The molecular weight excluding hydrogens is 366 g/mol. The standard InChI is InChI=1S/C22H25N5O2/c1-13(2)18-12-17(20-14(3)25-26(4)21(20)24-18)22(29)23-15-7-5-8-16(11-15)27-10-6-9-19(27)28/h5,7-8,11-13H,6,9-10H2,1-4H3,(H,23,29). The Balaban J connectivity index is 1.70. The highest BCUT2D eigenvalue weighted by atomic mass is 16.2. The van der Waals surface area contributed by atoms with Gasteiger partial charge >= 0.3 is 0 Å². The molecule has 1 aromatic carbocycles. The van der Waals surface area contributed by atoms with Gasteiger partial charge in [0, 0.05) is 37.1 Å². The van der Waals surface area contributed by atoms with E-state index in [0.717, 1.165) is 28.9 Å². The molecule has 1 fully saturated rings. The maximum atomic E-state index is 13.2. The first kappa shape index (κ1) is 19.1. The van der Waals surface area contributed by atoms with Crippen LogP contribution in [0.1, 0.15) is 54.4 Å². The molecule has 4 rings (SSSR count). The molecule has 1 saturated heterocycles. The Bertz CT molecular complexity index is 1120. The van der Waals surface area contributed by atoms with E-state index in [1.807, 2.05) is 44.3 Å². The number of aromatic nitrogens is 3. The van der Waals surface area contributed by atoms with E-state index in [-0.39, 0.29) is 17.7 Å². The molecule has 0 radical (unpaired) electrons. The smallest absolute Gasteiger partial charge is 0.256 e. The number of nitrogens with zero attached hydrogens (tertiary/aromatic N) is 4. The van der Waals surface area contributed by atoms with Crippen molar-refractivity contribution < 1.29 is 9.59 Å². The van der Waals surface area contributed by atoms with Crippen LogP contribution in [0.2, 0.25) is 0 Å². The summed E-state index contributed by atoms with van der Waals surface area (Å²) in [4.78, 5) is 31.7. The molecule has 7 nitrogen and oxygen atoms in total. The van der Waals surface area contributed by atoms with Gasteiger partial charge in [0.25, 0.3) is 5.91 Å². The fourth-order valence-electron chi connectivity index (χ4n) is 3.81. The van der Waals surface area contributed by atoms with Crippen molar-refractivity contribution in [2.75, 3.05) is 16.8 Å². The summed E-state index contributed by atoms with van der Waals surface area (Å²) in [5.74, 6) is 0.0999. The lowest BCUT2D eigenvalue weighted by Crippen LogP contribution is -2.23. The lowest BCUT2D eigenvalue weighted by atomic mass is 10.0. The third-order valence-electron chi connectivity index (χ3n) is 5.31. The van der Waals surface area contributed by atoms with Crippen molar-refractivity contribution in [3.8, 4) is 0 Å². The van der Waals surface area contributed by atoms with Gasteiger partial charge in [-0.1, -0.05) is 19.9 Å². The fourth-order valence-corrected chi connectivity index (χ4v) is 3.81. The molecule has 2 amide bonds. The summed E-state index contributed by atoms with van der Waals surface area (Å²) >= 11 is 0. The predicted molar refractivity (Wildman–Crippen MR) is 113 cm³/mol. The zero-order valence-corrected chi connectivity index (χ0v) is 17.2. The molecule has 1 aliphatic rings. The van der Waals surface area contributed by atoms with Gasteiger partial charge in [-0.15, -0.1) is 0 Å². The Labute approximate surface area is 169 Å². The van der Waals surface area contributed by atoms with Crippen LogP contribution in [0.25, 0.3) is 11.0 Å². The number of nitrogens with one attached hydrogen (secondary N) is 1. The minimum Gasteiger partial charge on any atom is -0.322 e. The number of hydrogen-bond acceptors (Lipinski definition) is 4. The predicted octanol–water partition coefficient (Wildman–Crippen LogP) is 3.78. The fraction of sp³-hybridized carbons (Fsp3) is 0.364. The van der Waals surface area contributed by atoms with E-state index >= 15 is 0 Å². The monoisotopic (exact) mass is 391 g/mol. The van der Waals surface area contributed by atoms with Gasteiger partial charge in [-0.05, 0) is 43.5 Å². The van der Waals surface area contributed by atoms with Crippen LogP contribution in [0.15, 0.2) is 30.3 Å². The van der Waals surface area contributed by atoms with Gasteiger partial charge in [0.1, 0.15) is 0 Å². The lowest BCUT2D eigenvalue weighted by molar-refractivity contribution is -0.117. The van der Waals surface area contributed by atoms with Crippen LogP contribution in [0, 0.1) is 6.92 Å². The molecule has 0 saturated carbocycles. The molecule has 3 aromatic rings. The first-order valence-corrected chi connectivity index (χ1v) is 9.91. The molecule has 0 atom stereocenters. The van der Waals surface area contributed by atoms with E-state index in [0.29, 0.717) is 29.9 Å². The van der Waals surface area contributed by atoms with Crippen LogP contribution >= 0.6 is 0 Å². The SMILES string of the molecule is Cc1nn(C)c2nc(C(C)C)cc(C(=O)Nc3cccc(N4CCCC4=O)c3)c12. The van der Waals surface area contributed by atoms with Crippen LogP contribution in [0.4, 0.5) is 11.4 Å². The quantitative estimate of drug-likeness (QED) is 0.734. The second-order valence-electron chi connectivity index (χ2n) is 7.81. The summed E-state index contributed by atoms with van der Waals surface area (Å²) < 4.78 is 1.72. The average molecular weight is 391 g/mol. The van der Waals surface area contributed by atoms with E-state index in [2.05, 4.69) is 24.3 Å². The van der Waals surface area contributed by atoms with Crippen LogP contribution < -0.4 is 10.2 Å². The first-order chi connectivity index (χ1) is 13.8. The van der Waals surface area contributed by atoms with Crippen molar-refractivity contribution in [3.05, 3.63) is 47.3 Å². The molecule has 0 bridgehead atoms. The number of anilines is 2. The number of fused-ring (bicyclic) bond motifs is 1. The molecule has 7 heteroatoms. The third kappa shape index (κ3) is 3.48. The van der Waals surface area contributed by atoms with Gasteiger partial charge < -0.3 is 10.2 Å². The van der Waals surface area contributed by atoms with E-state index in [1.54, 1.807) is 9.58 Å². The van der Waals surface area contributed by atoms with Crippen LogP contribution in [0.3, 0.4) is 0 Å². The highest BCUT2D eigenvalue weighted by Gasteiger charge is 2.23. The molecule has 3 heterocycles. The Kier molecular flexibility index (Phi) is 4.82. The van der Waals surface area contributed by atoms with Crippen LogP contribution in [-0.2, 0) is 11.8 Å². The maximum absolute atomic E-state index is 13.2. The zero-order valence-electron chi connectivity index (χ0n) is 17.2. The molecule has 2 aromatic heterocycles. The minimum atomic E-state index is -0.208. The molecule has 1 N–H and O–H groups in total. The van der Waals surface area contributed by atoms with Crippen molar-refractivity contribution in [2.45, 2.75) is 39.5 Å². The number of amides is 2. The van der Waals surface area contributed by atoms with Gasteiger partial charge in [0.2, 0.25) is 5.91 Å². The van der Waals surface area contributed by atoms with Crippen molar-refractivity contribution >= 4 is 34.2 Å². The summed E-state index contributed by atoms with van der Waals surface area (Å²) in [7, 11) is 1.84. The molecule has 0 spiro atoms. The van der Waals surface area contributed by atoms with Crippen LogP contribution in [-0.4, -0.2) is 33.1 Å². The Morgan fingerprint density at radius 2 is 2.03 bits per heavy atom.